The molecule has 1 N–H and O–H groups in total. The molecule has 2 aromatic carbocycles. The van der Waals surface area contributed by atoms with E-state index in [9.17, 15) is 0 Å². The van der Waals surface area contributed by atoms with E-state index in [1.165, 1.54) is 34.1 Å². The van der Waals surface area contributed by atoms with Crippen LogP contribution < -0.4 is 5.32 Å². The summed E-state index contributed by atoms with van der Waals surface area (Å²) < 4.78 is 1.43. The lowest BCUT2D eigenvalue weighted by Gasteiger charge is -2.17. The lowest BCUT2D eigenvalue weighted by molar-refractivity contribution is 0.531. The van der Waals surface area contributed by atoms with Gasteiger partial charge in [-0.2, -0.15) is 0 Å². The number of fused-ring (bicyclic) bond motifs is 1. The summed E-state index contributed by atoms with van der Waals surface area (Å²) in [4.78, 5) is 0. The van der Waals surface area contributed by atoms with Gasteiger partial charge in [0.1, 0.15) is 0 Å². The first-order chi connectivity index (χ1) is 10.4. The third-order valence-corrected chi connectivity index (χ3v) is 5.01. The van der Waals surface area contributed by atoms with Crippen LogP contribution in [0.15, 0.2) is 60.0 Å². The molecule has 0 bridgehead atoms. The first-order valence-electron chi connectivity index (χ1n) is 7.56. The molecule has 0 amide bonds. The summed E-state index contributed by atoms with van der Waals surface area (Å²) in [5.41, 5.74) is 2.87. The predicted octanol–water partition coefficient (Wildman–Crippen LogP) is 5.18. The summed E-state index contributed by atoms with van der Waals surface area (Å²) in [6.45, 7) is 0. The summed E-state index contributed by atoms with van der Waals surface area (Å²) in [6.07, 6.45) is 3.53. The van der Waals surface area contributed by atoms with Crippen molar-refractivity contribution < 1.29 is 0 Å². The molecule has 0 aliphatic rings. The van der Waals surface area contributed by atoms with Crippen molar-refractivity contribution in [3.8, 4) is 0 Å². The van der Waals surface area contributed by atoms with Crippen molar-refractivity contribution >= 4 is 21.4 Å². The van der Waals surface area contributed by atoms with Crippen LogP contribution >= 0.6 is 11.3 Å². The van der Waals surface area contributed by atoms with E-state index in [4.69, 9.17) is 0 Å². The monoisotopic (exact) mass is 295 g/mol. The van der Waals surface area contributed by atoms with Crippen LogP contribution in [0.25, 0.3) is 10.1 Å². The van der Waals surface area contributed by atoms with Crippen molar-refractivity contribution in [1.29, 1.82) is 0 Å². The zero-order valence-corrected chi connectivity index (χ0v) is 13.2. The minimum atomic E-state index is 0.441. The highest BCUT2D eigenvalue weighted by molar-refractivity contribution is 7.17. The van der Waals surface area contributed by atoms with Gasteiger partial charge in [0.15, 0.2) is 0 Å². The van der Waals surface area contributed by atoms with Crippen molar-refractivity contribution in [2.24, 2.45) is 0 Å². The van der Waals surface area contributed by atoms with Gasteiger partial charge in [0.2, 0.25) is 0 Å². The second-order valence-electron chi connectivity index (χ2n) is 5.41. The molecule has 1 atom stereocenters. The molecule has 0 saturated heterocycles. The van der Waals surface area contributed by atoms with E-state index < -0.39 is 0 Å². The van der Waals surface area contributed by atoms with E-state index in [1.807, 2.05) is 11.3 Å². The lowest BCUT2D eigenvalue weighted by atomic mass is 9.98. The highest BCUT2D eigenvalue weighted by Gasteiger charge is 2.12. The van der Waals surface area contributed by atoms with Crippen LogP contribution in [-0.2, 0) is 6.42 Å². The molecule has 108 valence electrons. The highest BCUT2D eigenvalue weighted by Crippen LogP contribution is 2.31. The zero-order chi connectivity index (χ0) is 14.5. The number of aryl methyl sites for hydroxylation is 1. The van der Waals surface area contributed by atoms with Gasteiger partial charge in [-0.05, 0) is 54.3 Å². The largest absolute Gasteiger partial charge is 0.313 e. The zero-order valence-electron chi connectivity index (χ0n) is 12.4. The van der Waals surface area contributed by atoms with Crippen LogP contribution in [0.5, 0.6) is 0 Å². The lowest BCUT2D eigenvalue weighted by Crippen LogP contribution is -2.16. The molecule has 0 fully saturated rings. The fraction of sp³-hybridized carbons (Fsp3) is 0.263. The van der Waals surface area contributed by atoms with Crippen LogP contribution in [0.4, 0.5) is 0 Å². The molecule has 0 radical (unpaired) electrons. The summed E-state index contributed by atoms with van der Waals surface area (Å²) >= 11 is 1.85. The minimum absolute atomic E-state index is 0.441. The van der Waals surface area contributed by atoms with Gasteiger partial charge in [-0.15, -0.1) is 11.3 Å². The van der Waals surface area contributed by atoms with Crippen LogP contribution in [0.3, 0.4) is 0 Å². The molecule has 1 heterocycles. The van der Waals surface area contributed by atoms with Gasteiger partial charge in [0, 0.05) is 10.7 Å². The van der Waals surface area contributed by atoms with Crippen molar-refractivity contribution in [2.45, 2.75) is 25.3 Å². The van der Waals surface area contributed by atoms with Gasteiger partial charge in [-0.3, -0.25) is 0 Å². The molecule has 0 aliphatic carbocycles. The highest BCUT2D eigenvalue weighted by atomic mass is 32.1. The topological polar surface area (TPSA) is 12.0 Å². The molecular weight excluding hydrogens is 274 g/mol. The maximum atomic E-state index is 3.49. The van der Waals surface area contributed by atoms with Crippen molar-refractivity contribution in [3.63, 3.8) is 0 Å². The van der Waals surface area contributed by atoms with E-state index >= 15 is 0 Å². The van der Waals surface area contributed by atoms with Gasteiger partial charge in [0.25, 0.3) is 0 Å². The van der Waals surface area contributed by atoms with E-state index in [2.05, 4.69) is 72.3 Å². The molecule has 1 nitrogen and oxygen atoms in total. The van der Waals surface area contributed by atoms with E-state index in [0.717, 1.165) is 6.42 Å². The quantitative estimate of drug-likeness (QED) is 0.660. The van der Waals surface area contributed by atoms with Gasteiger partial charge < -0.3 is 5.32 Å². The molecule has 1 unspecified atom stereocenters. The number of hydrogen-bond donors (Lipinski definition) is 1. The second-order valence-corrected chi connectivity index (χ2v) is 6.32. The molecule has 3 aromatic rings. The Bertz CT molecular complexity index is 687. The Labute approximate surface area is 130 Å². The smallest absolute Gasteiger partial charge is 0.0390 e. The summed E-state index contributed by atoms with van der Waals surface area (Å²) in [5, 5.41) is 7.04. The minimum Gasteiger partial charge on any atom is -0.313 e. The molecule has 0 saturated carbocycles. The fourth-order valence-corrected chi connectivity index (χ4v) is 3.87. The summed E-state index contributed by atoms with van der Waals surface area (Å²) in [7, 11) is 2.07. The maximum Gasteiger partial charge on any atom is 0.0390 e. The number of nitrogens with one attached hydrogen (secondary N) is 1. The van der Waals surface area contributed by atoms with E-state index in [0.29, 0.717) is 6.04 Å². The first-order valence-corrected chi connectivity index (χ1v) is 8.44. The summed E-state index contributed by atoms with van der Waals surface area (Å²) in [5.74, 6) is 0. The standard InChI is InChI=1S/C19H21NS/c1-20-18(12-5-9-15-7-3-2-4-8-15)17-11-6-10-16-13-14-21-19(16)17/h2-4,6-8,10-11,13-14,18,20H,5,9,12H2,1H3. The van der Waals surface area contributed by atoms with Crippen LogP contribution in [-0.4, -0.2) is 7.05 Å². The predicted molar refractivity (Wildman–Crippen MR) is 93.0 cm³/mol. The number of rotatable bonds is 6. The Morgan fingerprint density at radius 1 is 1.00 bits per heavy atom. The van der Waals surface area contributed by atoms with Crippen LogP contribution in [0.1, 0.15) is 30.0 Å². The number of benzene rings is 2. The Hall–Kier alpha value is -1.64. The maximum absolute atomic E-state index is 3.49. The summed E-state index contributed by atoms with van der Waals surface area (Å²) in [6, 6.07) is 20.0. The van der Waals surface area contributed by atoms with Crippen LogP contribution in [0.2, 0.25) is 0 Å². The van der Waals surface area contributed by atoms with Crippen molar-refractivity contribution in [1.82, 2.24) is 5.32 Å². The molecule has 21 heavy (non-hydrogen) atoms. The SMILES string of the molecule is CNC(CCCc1ccccc1)c1cccc2ccsc12. The molecular formula is C19H21NS. The van der Waals surface area contributed by atoms with E-state index in [-0.39, 0.29) is 0 Å². The Balaban J connectivity index is 1.69. The molecule has 1 aromatic heterocycles. The van der Waals surface area contributed by atoms with Crippen molar-refractivity contribution in [2.75, 3.05) is 7.05 Å². The second kappa shape index (κ2) is 6.88. The molecule has 0 aliphatic heterocycles. The molecule has 2 heteroatoms. The molecule has 3 rings (SSSR count). The third kappa shape index (κ3) is 3.34. The van der Waals surface area contributed by atoms with Crippen LogP contribution in [0, 0.1) is 0 Å². The van der Waals surface area contributed by atoms with Gasteiger partial charge in [-0.1, -0.05) is 48.5 Å². The normalized spacial score (nSPS) is 12.6. The van der Waals surface area contributed by atoms with Crippen molar-refractivity contribution in [3.05, 3.63) is 71.1 Å². The Morgan fingerprint density at radius 2 is 1.86 bits per heavy atom. The number of thiophene rings is 1. The van der Waals surface area contributed by atoms with Gasteiger partial charge in [-0.25, -0.2) is 0 Å². The van der Waals surface area contributed by atoms with Gasteiger partial charge >= 0.3 is 0 Å². The Morgan fingerprint density at radius 3 is 2.67 bits per heavy atom. The first kappa shape index (κ1) is 14.3. The average molecular weight is 295 g/mol. The van der Waals surface area contributed by atoms with Gasteiger partial charge in [0.05, 0.1) is 0 Å². The van der Waals surface area contributed by atoms with E-state index in [1.54, 1.807) is 0 Å². The fourth-order valence-electron chi connectivity index (χ4n) is 2.90. The third-order valence-electron chi connectivity index (χ3n) is 4.03. The Kier molecular flexibility index (Phi) is 4.69. The number of hydrogen-bond acceptors (Lipinski definition) is 2. The average Bonchev–Trinajstić information content (AvgIpc) is 3.01. The molecule has 0 spiro atoms.